The number of carbonyl (C=O) groups excluding carboxylic acids is 1. The van der Waals surface area contributed by atoms with Crippen molar-refractivity contribution in [3.8, 4) is 0 Å². The number of nitrogens with zero attached hydrogens (tertiary/aromatic N) is 1. The van der Waals surface area contributed by atoms with Crippen molar-refractivity contribution in [2.45, 2.75) is 51.9 Å². The van der Waals surface area contributed by atoms with Crippen LogP contribution >= 0.6 is 0 Å². The monoisotopic (exact) mass is 309 g/mol. The maximum absolute atomic E-state index is 12.2. The van der Waals surface area contributed by atoms with E-state index in [0.29, 0.717) is 25.0 Å². The van der Waals surface area contributed by atoms with Gasteiger partial charge in [-0.2, -0.15) is 13.2 Å². The van der Waals surface area contributed by atoms with Gasteiger partial charge in [-0.25, -0.2) is 0 Å². The molecule has 0 saturated carbocycles. The van der Waals surface area contributed by atoms with E-state index in [1.807, 2.05) is 24.1 Å². The summed E-state index contributed by atoms with van der Waals surface area (Å²) in [6.45, 7) is 6.83. The van der Waals surface area contributed by atoms with Crippen molar-refractivity contribution >= 4 is 5.91 Å². The van der Waals surface area contributed by atoms with Crippen LogP contribution < -0.4 is 10.6 Å². The topological polar surface area (TPSA) is 44.4 Å². The van der Waals surface area contributed by atoms with Gasteiger partial charge in [0.05, 0.1) is 6.04 Å². The van der Waals surface area contributed by atoms with Gasteiger partial charge in [-0.1, -0.05) is 13.8 Å². The van der Waals surface area contributed by atoms with Crippen LogP contribution in [0, 0.1) is 5.92 Å². The third kappa shape index (κ3) is 7.13. The molecule has 1 rings (SSSR count). The van der Waals surface area contributed by atoms with Crippen molar-refractivity contribution in [2.24, 2.45) is 5.92 Å². The largest absolute Gasteiger partial charge is 0.405 e. The zero-order valence-corrected chi connectivity index (χ0v) is 13.0. The Morgan fingerprint density at radius 3 is 2.52 bits per heavy atom. The highest BCUT2D eigenvalue weighted by atomic mass is 19.4. The number of hydrogen-bond acceptors (Lipinski definition) is 3. The van der Waals surface area contributed by atoms with E-state index in [0.717, 1.165) is 19.4 Å². The summed E-state index contributed by atoms with van der Waals surface area (Å²) in [7, 11) is 0. The molecule has 2 N–H and O–H groups in total. The molecule has 0 aromatic rings. The van der Waals surface area contributed by atoms with Crippen LogP contribution in [-0.2, 0) is 4.79 Å². The summed E-state index contributed by atoms with van der Waals surface area (Å²) in [6, 6.07) is -0.237. The van der Waals surface area contributed by atoms with Gasteiger partial charge in [0.25, 0.3) is 0 Å². The Morgan fingerprint density at radius 2 is 2.05 bits per heavy atom. The molecule has 0 radical (unpaired) electrons. The predicted molar refractivity (Wildman–Crippen MR) is 76.0 cm³/mol. The third-order valence-electron chi connectivity index (χ3n) is 3.61. The second kappa shape index (κ2) is 7.98. The fourth-order valence-corrected chi connectivity index (χ4v) is 2.56. The summed E-state index contributed by atoms with van der Waals surface area (Å²) >= 11 is 0. The molecule has 1 saturated heterocycles. The van der Waals surface area contributed by atoms with E-state index < -0.39 is 24.7 Å². The fourth-order valence-electron chi connectivity index (χ4n) is 2.56. The summed E-state index contributed by atoms with van der Waals surface area (Å²) in [6.07, 6.45) is -2.22. The van der Waals surface area contributed by atoms with E-state index in [1.54, 1.807) is 6.92 Å². The van der Waals surface area contributed by atoms with Crippen LogP contribution in [0.3, 0.4) is 0 Å². The van der Waals surface area contributed by atoms with Crippen LogP contribution in [0.15, 0.2) is 0 Å². The van der Waals surface area contributed by atoms with E-state index >= 15 is 0 Å². The Labute approximate surface area is 124 Å². The normalized spacial score (nSPS) is 21.0. The average Bonchev–Trinajstić information content (AvgIpc) is 2.85. The summed E-state index contributed by atoms with van der Waals surface area (Å²) in [5, 5.41) is 5.33. The summed E-state index contributed by atoms with van der Waals surface area (Å²) in [4.78, 5) is 13.9. The first-order valence-electron chi connectivity index (χ1n) is 7.51. The molecule has 0 spiro atoms. The Hall–Kier alpha value is -0.820. The molecule has 1 heterocycles. The first kappa shape index (κ1) is 18.2. The highest BCUT2D eigenvalue weighted by molar-refractivity contribution is 5.81. The number of halogens is 3. The average molecular weight is 309 g/mol. The Kier molecular flexibility index (Phi) is 6.93. The lowest BCUT2D eigenvalue weighted by atomic mass is 10.1. The first-order chi connectivity index (χ1) is 9.69. The minimum absolute atomic E-state index is 0.321. The Morgan fingerprint density at radius 1 is 1.38 bits per heavy atom. The number of alkyl halides is 3. The highest BCUT2D eigenvalue weighted by Gasteiger charge is 2.31. The number of hydrogen-bond donors (Lipinski definition) is 2. The zero-order chi connectivity index (χ0) is 16.0. The molecule has 21 heavy (non-hydrogen) atoms. The molecule has 0 aromatic carbocycles. The van der Waals surface area contributed by atoms with Gasteiger partial charge in [0.2, 0.25) is 5.91 Å². The molecule has 124 valence electrons. The molecule has 1 amide bonds. The van der Waals surface area contributed by atoms with Crippen LogP contribution in [-0.4, -0.2) is 55.2 Å². The van der Waals surface area contributed by atoms with Gasteiger partial charge in [0, 0.05) is 19.1 Å². The summed E-state index contributed by atoms with van der Waals surface area (Å²) < 4.78 is 36.5. The maximum atomic E-state index is 12.2. The van der Waals surface area contributed by atoms with Crippen molar-refractivity contribution in [1.82, 2.24) is 15.5 Å². The minimum Gasteiger partial charge on any atom is -0.346 e. The van der Waals surface area contributed by atoms with E-state index in [1.165, 1.54) is 0 Å². The molecule has 1 aliphatic heterocycles. The second-order valence-corrected chi connectivity index (χ2v) is 6.15. The van der Waals surface area contributed by atoms with E-state index in [4.69, 9.17) is 0 Å². The Bertz CT molecular complexity index is 328. The van der Waals surface area contributed by atoms with Crippen LogP contribution in [0.2, 0.25) is 0 Å². The van der Waals surface area contributed by atoms with Crippen LogP contribution in [0.25, 0.3) is 0 Å². The number of rotatable bonds is 7. The molecule has 0 aliphatic carbocycles. The van der Waals surface area contributed by atoms with Crippen molar-refractivity contribution in [3.63, 3.8) is 0 Å². The molecule has 0 aromatic heterocycles. The molecule has 7 heteroatoms. The fraction of sp³-hybridized carbons (Fsp3) is 0.929. The number of amides is 1. The van der Waals surface area contributed by atoms with Crippen molar-refractivity contribution in [3.05, 3.63) is 0 Å². The van der Waals surface area contributed by atoms with Gasteiger partial charge in [-0.15, -0.1) is 0 Å². The molecule has 2 unspecified atom stereocenters. The molecule has 2 atom stereocenters. The van der Waals surface area contributed by atoms with Crippen LogP contribution in [0.1, 0.15) is 33.6 Å². The Balaban J connectivity index is 2.56. The summed E-state index contributed by atoms with van der Waals surface area (Å²) in [5.74, 6) is -0.213. The molecule has 0 bridgehead atoms. The van der Waals surface area contributed by atoms with Gasteiger partial charge < -0.3 is 10.6 Å². The standard InChI is InChI=1S/C14H26F3N3O/c1-10(2)7-20(8-12-5-4-6-18-12)11(3)13(21)19-9-14(15,16)17/h10-12,18H,4-9H2,1-3H3,(H,19,21). The van der Waals surface area contributed by atoms with E-state index in [-0.39, 0.29) is 0 Å². The SMILES string of the molecule is CC(C)CN(CC1CCCN1)C(C)C(=O)NCC(F)(F)F. The van der Waals surface area contributed by atoms with Gasteiger partial charge in [-0.05, 0) is 32.2 Å². The lowest BCUT2D eigenvalue weighted by Gasteiger charge is -2.32. The van der Waals surface area contributed by atoms with Gasteiger partial charge in [0.15, 0.2) is 0 Å². The van der Waals surface area contributed by atoms with Gasteiger partial charge in [-0.3, -0.25) is 9.69 Å². The second-order valence-electron chi connectivity index (χ2n) is 6.15. The molecular weight excluding hydrogens is 283 g/mol. The van der Waals surface area contributed by atoms with E-state index in [9.17, 15) is 18.0 Å². The highest BCUT2D eigenvalue weighted by Crippen LogP contribution is 2.14. The number of carbonyl (C=O) groups is 1. The number of nitrogens with one attached hydrogen (secondary N) is 2. The van der Waals surface area contributed by atoms with Crippen molar-refractivity contribution < 1.29 is 18.0 Å². The quantitative estimate of drug-likeness (QED) is 0.753. The van der Waals surface area contributed by atoms with E-state index in [2.05, 4.69) is 5.32 Å². The molecular formula is C14H26F3N3O. The van der Waals surface area contributed by atoms with Crippen LogP contribution in [0.5, 0.6) is 0 Å². The van der Waals surface area contributed by atoms with Crippen LogP contribution in [0.4, 0.5) is 13.2 Å². The lowest BCUT2D eigenvalue weighted by molar-refractivity contribution is -0.141. The molecule has 4 nitrogen and oxygen atoms in total. The maximum Gasteiger partial charge on any atom is 0.405 e. The van der Waals surface area contributed by atoms with Gasteiger partial charge >= 0.3 is 6.18 Å². The van der Waals surface area contributed by atoms with Crippen molar-refractivity contribution in [2.75, 3.05) is 26.2 Å². The minimum atomic E-state index is -4.37. The first-order valence-corrected chi connectivity index (χ1v) is 7.51. The summed E-state index contributed by atoms with van der Waals surface area (Å²) in [5.41, 5.74) is 0. The predicted octanol–water partition coefficient (Wildman–Crippen LogP) is 1.76. The molecule has 1 aliphatic rings. The third-order valence-corrected chi connectivity index (χ3v) is 3.61. The lowest BCUT2D eigenvalue weighted by Crippen LogP contribution is -2.51. The molecule has 1 fully saturated rings. The van der Waals surface area contributed by atoms with Gasteiger partial charge in [0.1, 0.15) is 6.54 Å². The smallest absolute Gasteiger partial charge is 0.346 e. The van der Waals surface area contributed by atoms with Crippen molar-refractivity contribution in [1.29, 1.82) is 0 Å². The zero-order valence-electron chi connectivity index (χ0n) is 13.0.